The first-order valence-electron chi connectivity index (χ1n) is 6.78. The van der Waals surface area contributed by atoms with Crippen LogP contribution in [0.15, 0.2) is 24.3 Å². The van der Waals surface area contributed by atoms with Gasteiger partial charge in [0, 0.05) is 6.54 Å². The number of likely N-dealkylation sites (tertiary alicyclic amines) is 1. The van der Waals surface area contributed by atoms with Crippen LogP contribution in [0.1, 0.15) is 32.3 Å². The van der Waals surface area contributed by atoms with E-state index in [1.165, 1.54) is 0 Å². The Kier molecular flexibility index (Phi) is 4.43. The fourth-order valence-electron chi connectivity index (χ4n) is 2.48. The maximum Gasteiger partial charge on any atom is 0.320 e. The van der Waals surface area contributed by atoms with Crippen LogP contribution in [0.2, 0.25) is 0 Å². The summed E-state index contributed by atoms with van der Waals surface area (Å²) in [6.07, 6.45) is 1.89. The molecule has 0 aromatic heterocycles. The first-order chi connectivity index (χ1) is 9.06. The van der Waals surface area contributed by atoms with Crippen molar-refractivity contribution in [3.63, 3.8) is 0 Å². The molecule has 0 spiro atoms. The lowest BCUT2D eigenvalue weighted by Crippen LogP contribution is -2.35. The van der Waals surface area contributed by atoms with E-state index >= 15 is 0 Å². The molecule has 1 unspecified atom stereocenters. The van der Waals surface area contributed by atoms with Gasteiger partial charge in [0.1, 0.15) is 11.8 Å². The Morgan fingerprint density at radius 3 is 2.68 bits per heavy atom. The van der Waals surface area contributed by atoms with Crippen LogP contribution in [0.5, 0.6) is 5.75 Å². The van der Waals surface area contributed by atoms with Crippen molar-refractivity contribution in [3.05, 3.63) is 29.8 Å². The Morgan fingerprint density at radius 2 is 2.11 bits per heavy atom. The summed E-state index contributed by atoms with van der Waals surface area (Å²) in [5.74, 6) is 0.146. The molecule has 1 aliphatic heterocycles. The normalized spacial score (nSPS) is 19.8. The zero-order chi connectivity index (χ0) is 13.8. The van der Waals surface area contributed by atoms with Crippen molar-refractivity contribution < 1.29 is 14.6 Å². The second kappa shape index (κ2) is 6.06. The molecule has 1 fully saturated rings. The average Bonchev–Trinajstić information content (AvgIpc) is 2.79. The van der Waals surface area contributed by atoms with E-state index in [9.17, 15) is 4.79 Å². The molecule has 104 valence electrons. The topological polar surface area (TPSA) is 49.8 Å². The van der Waals surface area contributed by atoms with Gasteiger partial charge in [-0.1, -0.05) is 12.1 Å². The van der Waals surface area contributed by atoms with E-state index in [-0.39, 0.29) is 12.1 Å². The molecular weight excluding hydrogens is 242 g/mol. The van der Waals surface area contributed by atoms with Crippen LogP contribution < -0.4 is 4.74 Å². The van der Waals surface area contributed by atoms with Gasteiger partial charge in [-0.3, -0.25) is 9.69 Å². The molecule has 2 rings (SSSR count). The highest BCUT2D eigenvalue weighted by atomic mass is 16.5. The number of rotatable bonds is 5. The molecular formula is C15H21NO3. The van der Waals surface area contributed by atoms with Gasteiger partial charge >= 0.3 is 5.97 Å². The van der Waals surface area contributed by atoms with Crippen molar-refractivity contribution in [1.29, 1.82) is 0 Å². The van der Waals surface area contributed by atoms with Gasteiger partial charge in [0.15, 0.2) is 0 Å². The average molecular weight is 263 g/mol. The van der Waals surface area contributed by atoms with Crippen molar-refractivity contribution in [1.82, 2.24) is 4.90 Å². The number of nitrogens with zero attached hydrogens (tertiary/aromatic N) is 1. The molecule has 1 heterocycles. The van der Waals surface area contributed by atoms with E-state index in [1.807, 2.05) is 43.0 Å². The van der Waals surface area contributed by atoms with Crippen LogP contribution >= 0.6 is 0 Å². The molecule has 1 atom stereocenters. The van der Waals surface area contributed by atoms with E-state index in [4.69, 9.17) is 9.84 Å². The molecule has 19 heavy (non-hydrogen) atoms. The number of carboxylic acids is 1. The summed E-state index contributed by atoms with van der Waals surface area (Å²) >= 11 is 0. The van der Waals surface area contributed by atoms with Crippen LogP contribution in [0.25, 0.3) is 0 Å². The molecule has 4 heteroatoms. The zero-order valence-corrected chi connectivity index (χ0v) is 11.5. The third kappa shape index (κ3) is 3.70. The number of carboxylic acid groups (broad SMARTS) is 1. The first-order valence-corrected chi connectivity index (χ1v) is 6.78. The predicted molar refractivity (Wildman–Crippen MR) is 73.3 cm³/mol. The minimum absolute atomic E-state index is 0.167. The van der Waals surface area contributed by atoms with E-state index < -0.39 is 5.97 Å². The van der Waals surface area contributed by atoms with Crippen molar-refractivity contribution in [2.45, 2.75) is 45.4 Å². The van der Waals surface area contributed by atoms with Gasteiger partial charge in [0.25, 0.3) is 0 Å². The van der Waals surface area contributed by atoms with E-state index in [0.717, 1.165) is 30.7 Å². The second-order valence-corrected chi connectivity index (χ2v) is 5.28. The number of ether oxygens (including phenoxy) is 1. The third-order valence-corrected chi connectivity index (χ3v) is 3.33. The summed E-state index contributed by atoms with van der Waals surface area (Å²) in [6, 6.07) is 7.58. The van der Waals surface area contributed by atoms with Crippen LogP contribution in [0, 0.1) is 0 Å². The quantitative estimate of drug-likeness (QED) is 0.887. The molecule has 0 saturated carbocycles. The third-order valence-electron chi connectivity index (χ3n) is 3.33. The molecule has 0 bridgehead atoms. The first kappa shape index (κ1) is 13.9. The Bertz CT molecular complexity index is 428. The summed E-state index contributed by atoms with van der Waals surface area (Å²) in [5, 5.41) is 9.14. The van der Waals surface area contributed by atoms with Crippen LogP contribution in [0.4, 0.5) is 0 Å². The summed E-state index contributed by atoms with van der Waals surface area (Å²) in [7, 11) is 0. The van der Waals surface area contributed by atoms with E-state index in [2.05, 4.69) is 0 Å². The SMILES string of the molecule is CC(C)Oc1ccc(CN2CCCC2C(=O)O)cc1. The molecule has 0 aliphatic carbocycles. The molecule has 0 amide bonds. The highest BCUT2D eigenvalue weighted by Gasteiger charge is 2.30. The zero-order valence-electron chi connectivity index (χ0n) is 11.5. The molecule has 4 nitrogen and oxygen atoms in total. The van der Waals surface area contributed by atoms with Gasteiger partial charge < -0.3 is 9.84 Å². The molecule has 0 radical (unpaired) electrons. The van der Waals surface area contributed by atoms with Crippen LogP contribution in [-0.4, -0.2) is 34.7 Å². The molecule has 1 N–H and O–H groups in total. The Balaban J connectivity index is 1.97. The van der Waals surface area contributed by atoms with Gasteiger partial charge in [-0.05, 0) is 50.9 Å². The van der Waals surface area contributed by atoms with Crippen molar-refractivity contribution >= 4 is 5.97 Å². The second-order valence-electron chi connectivity index (χ2n) is 5.28. The van der Waals surface area contributed by atoms with Gasteiger partial charge in [0.05, 0.1) is 6.10 Å². The molecule has 1 aromatic carbocycles. The van der Waals surface area contributed by atoms with Gasteiger partial charge in [-0.25, -0.2) is 0 Å². The van der Waals surface area contributed by atoms with Gasteiger partial charge in [-0.15, -0.1) is 0 Å². The largest absolute Gasteiger partial charge is 0.491 e. The van der Waals surface area contributed by atoms with Crippen LogP contribution in [0.3, 0.4) is 0 Å². The van der Waals surface area contributed by atoms with E-state index in [0.29, 0.717) is 6.54 Å². The van der Waals surface area contributed by atoms with E-state index in [1.54, 1.807) is 0 Å². The van der Waals surface area contributed by atoms with Crippen LogP contribution in [-0.2, 0) is 11.3 Å². The Morgan fingerprint density at radius 1 is 1.42 bits per heavy atom. The lowest BCUT2D eigenvalue weighted by Gasteiger charge is -2.21. The fourth-order valence-corrected chi connectivity index (χ4v) is 2.48. The van der Waals surface area contributed by atoms with Crippen molar-refractivity contribution in [2.24, 2.45) is 0 Å². The summed E-state index contributed by atoms with van der Waals surface area (Å²) in [6.45, 7) is 5.55. The standard InChI is InChI=1S/C15H21NO3/c1-11(2)19-13-7-5-12(6-8-13)10-16-9-3-4-14(16)15(17)18/h5-8,11,14H,3-4,9-10H2,1-2H3,(H,17,18). The monoisotopic (exact) mass is 263 g/mol. The van der Waals surface area contributed by atoms with Crippen molar-refractivity contribution in [2.75, 3.05) is 6.54 Å². The highest BCUT2D eigenvalue weighted by molar-refractivity contribution is 5.73. The smallest absolute Gasteiger partial charge is 0.320 e. The highest BCUT2D eigenvalue weighted by Crippen LogP contribution is 2.21. The molecule has 1 aromatic rings. The van der Waals surface area contributed by atoms with Gasteiger partial charge in [-0.2, -0.15) is 0 Å². The Labute approximate surface area is 114 Å². The summed E-state index contributed by atoms with van der Waals surface area (Å²) in [5.41, 5.74) is 1.13. The van der Waals surface area contributed by atoms with Gasteiger partial charge in [0.2, 0.25) is 0 Å². The Hall–Kier alpha value is -1.55. The maximum absolute atomic E-state index is 11.1. The number of hydrogen-bond donors (Lipinski definition) is 1. The fraction of sp³-hybridized carbons (Fsp3) is 0.533. The number of hydrogen-bond acceptors (Lipinski definition) is 3. The summed E-state index contributed by atoms with van der Waals surface area (Å²) < 4.78 is 5.59. The lowest BCUT2D eigenvalue weighted by atomic mass is 10.2. The lowest BCUT2D eigenvalue weighted by molar-refractivity contribution is -0.142. The molecule has 1 saturated heterocycles. The predicted octanol–water partition coefficient (Wildman–Crippen LogP) is 2.52. The minimum Gasteiger partial charge on any atom is -0.491 e. The van der Waals surface area contributed by atoms with Crippen molar-refractivity contribution in [3.8, 4) is 5.75 Å². The number of aliphatic carboxylic acids is 1. The number of carbonyl (C=O) groups is 1. The number of benzene rings is 1. The molecule has 1 aliphatic rings. The minimum atomic E-state index is -0.711. The summed E-state index contributed by atoms with van der Waals surface area (Å²) in [4.78, 5) is 13.1. The maximum atomic E-state index is 11.1.